The first kappa shape index (κ1) is 36.1. The molecule has 0 saturated heterocycles. The van der Waals surface area contributed by atoms with Crippen LogP contribution in [0.3, 0.4) is 0 Å². The Labute approximate surface area is 235 Å². The number of hydrogen-bond donors (Lipinski definition) is 3. The molecule has 1 amide bonds. The summed E-state index contributed by atoms with van der Waals surface area (Å²) in [4.78, 5) is 23.2. The summed E-state index contributed by atoms with van der Waals surface area (Å²) in [5.41, 5.74) is 8.72. The van der Waals surface area contributed by atoms with Gasteiger partial charge in [-0.3, -0.25) is 9.59 Å². The number of carbonyl (C=O) groups is 2. The van der Waals surface area contributed by atoms with Gasteiger partial charge in [0.1, 0.15) is 5.75 Å². The molecular weight excluding hydrogens is 508 g/mol. The van der Waals surface area contributed by atoms with Gasteiger partial charge in [0.2, 0.25) is 5.91 Å². The number of amides is 1. The SMILES string of the molecule is COCCCOc1cc(C[C@@H](C[C@H](N)[C@@H](O)C[C@@H](C)C(=O)NCCCCOC(C)=O)C(C)C)ccc1C.Cl. The summed E-state index contributed by atoms with van der Waals surface area (Å²) in [5.74, 6) is 0.827. The second-order valence-electron chi connectivity index (χ2n) is 10.4. The van der Waals surface area contributed by atoms with Gasteiger partial charge in [0, 0.05) is 45.6 Å². The summed E-state index contributed by atoms with van der Waals surface area (Å²) in [6, 6.07) is 5.91. The monoisotopic (exact) mass is 558 g/mol. The van der Waals surface area contributed by atoms with Gasteiger partial charge in [-0.25, -0.2) is 0 Å². The van der Waals surface area contributed by atoms with Crippen LogP contribution in [-0.4, -0.2) is 62.6 Å². The smallest absolute Gasteiger partial charge is 0.302 e. The van der Waals surface area contributed by atoms with E-state index in [1.165, 1.54) is 12.5 Å². The third kappa shape index (κ3) is 14.9. The number of aliphatic hydroxyl groups excluding tert-OH is 1. The summed E-state index contributed by atoms with van der Waals surface area (Å²) in [5, 5.41) is 13.7. The van der Waals surface area contributed by atoms with Gasteiger partial charge in [0.15, 0.2) is 0 Å². The number of unbranched alkanes of at least 4 members (excludes halogenated alkanes) is 1. The van der Waals surface area contributed by atoms with E-state index < -0.39 is 12.1 Å². The van der Waals surface area contributed by atoms with E-state index in [1.807, 2.05) is 13.8 Å². The molecule has 38 heavy (non-hydrogen) atoms. The number of esters is 1. The minimum absolute atomic E-state index is 0. The summed E-state index contributed by atoms with van der Waals surface area (Å²) in [6.45, 7) is 11.7. The quantitative estimate of drug-likeness (QED) is 0.172. The van der Waals surface area contributed by atoms with E-state index in [4.69, 9.17) is 19.9 Å². The molecule has 220 valence electrons. The Hall–Kier alpha value is -1.87. The molecule has 0 fully saturated rings. The molecule has 0 unspecified atom stereocenters. The normalized spacial score (nSPS) is 14.2. The Morgan fingerprint density at radius 1 is 1.05 bits per heavy atom. The van der Waals surface area contributed by atoms with Crippen LogP contribution in [0.25, 0.3) is 0 Å². The van der Waals surface area contributed by atoms with Crippen LogP contribution in [0, 0.1) is 24.7 Å². The number of nitrogens with two attached hydrogens (primary N) is 1. The van der Waals surface area contributed by atoms with Gasteiger partial charge >= 0.3 is 5.97 Å². The third-order valence-corrected chi connectivity index (χ3v) is 6.73. The van der Waals surface area contributed by atoms with Crippen LogP contribution in [0.4, 0.5) is 0 Å². The first-order chi connectivity index (χ1) is 17.5. The van der Waals surface area contributed by atoms with Crippen molar-refractivity contribution < 1.29 is 28.9 Å². The summed E-state index contributed by atoms with van der Waals surface area (Å²) < 4.78 is 15.9. The fraction of sp³-hybridized carbons (Fsp3) is 0.724. The zero-order chi connectivity index (χ0) is 27.8. The summed E-state index contributed by atoms with van der Waals surface area (Å²) in [7, 11) is 1.69. The zero-order valence-electron chi connectivity index (χ0n) is 24.2. The van der Waals surface area contributed by atoms with E-state index in [9.17, 15) is 14.7 Å². The number of rotatable bonds is 19. The average molecular weight is 559 g/mol. The Bertz CT molecular complexity index is 807. The average Bonchev–Trinajstić information content (AvgIpc) is 2.84. The maximum absolute atomic E-state index is 12.4. The predicted octanol–water partition coefficient (Wildman–Crippen LogP) is 4.21. The lowest BCUT2D eigenvalue weighted by Crippen LogP contribution is -2.41. The number of methoxy groups -OCH3 is 1. The molecule has 9 heteroatoms. The van der Waals surface area contributed by atoms with Gasteiger partial charge in [-0.05, 0) is 68.1 Å². The van der Waals surface area contributed by atoms with Crippen LogP contribution in [0.15, 0.2) is 18.2 Å². The lowest BCUT2D eigenvalue weighted by atomic mass is 9.82. The first-order valence-corrected chi connectivity index (χ1v) is 13.6. The highest BCUT2D eigenvalue weighted by Crippen LogP contribution is 2.27. The van der Waals surface area contributed by atoms with E-state index in [-0.39, 0.29) is 36.1 Å². The maximum Gasteiger partial charge on any atom is 0.302 e. The number of aryl methyl sites for hydroxylation is 1. The second-order valence-corrected chi connectivity index (χ2v) is 10.4. The number of nitrogens with one attached hydrogen (secondary N) is 1. The summed E-state index contributed by atoms with van der Waals surface area (Å²) >= 11 is 0. The largest absolute Gasteiger partial charge is 0.493 e. The molecule has 0 saturated carbocycles. The van der Waals surface area contributed by atoms with Crippen molar-refractivity contribution in [1.29, 1.82) is 0 Å². The molecule has 0 spiro atoms. The first-order valence-electron chi connectivity index (χ1n) is 13.6. The van der Waals surface area contributed by atoms with Crippen LogP contribution >= 0.6 is 12.4 Å². The van der Waals surface area contributed by atoms with Crippen LogP contribution in [-0.2, 0) is 25.5 Å². The van der Waals surface area contributed by atoms with Gasteiger partial charge < -0.3 is 30.4 Å². The Balaban J connectivity index is 0.0000137. The minimum Gasteiger partial charge on any atom is -0.493 e. The molecule has 0 aliphatic rings. The lowest BCUT2D eigenvalue weighted by molar-refractivity contribution is -0.141. The van der Waals surface area contributed by atoms with Gasteiger partial charge in [-0.1, -0.05) is 32.9 Å². The molecule has 8 nitrogen and oxygen atoms in total. The molecule has 0 heterocycles. The molecule has 4 atom stereocenters. The van der Waals surface area contributed by atoms with Gasteiger partial charge in [0.25, 0.3) is 0 Å². The molecular formula is C29H51ClN2O6. The van der Waals surface area contributed by atoms with Crippen LogP contribution in [0.5, 0.6) is 5.75 Å². The van der Waals surface area contributed by atoms with Crippen molar-refractivity contribution in [1.82, 2.24) is 5.32 Å². The fourth-order valence-corrected chi connectivity index (χ4v) is 4.19. The summed E-state index contributed by atoms with van der Waals surface area (Å²) in [6.07, 6.45) is 3.33. The lowest BCUT2D eigenvalue weighted by Gasteiger charge is -2.28. The van der Waals surface area contributed by atoms with E-state index in [1.54, 1.807) is 7.11 Å². The molecule has 1 aromatic rings. The van der Waals surface area contributed by atoms with Crippen LogP contribution in [0.1, 0.15) is 70.9 Å². The molecule has 0 aromatic heterocycles. The molecule has 0 aliphatic carbocycles. The van der Waals surface area contributed by atoms with Crippen molar-refractivity contribution >= 4 is 24.3 Å². The van der Waals surface area contributed by atoms with Crippen LogP contribution in [0.2, 0.25) is 0 Å². The number of aliphatic hydroxyl groups is 1. The van der Waals surface area contributed by atoms with Crippen molar-refractivity contribution in [2.45, 2.75) is 85.3 Å². The standard InChI is InChI=1S/C29H50N2O6.ClH/c1-20(2)25(17-24-11-10-21(3)28(18-24)37-15-9-13-35-6)19-26(30)27(33)16-22(4)29(34)31-12-7-8-14-36-23(5)32;/h10-11,18,20,22,25-27,33H,7-9,12-17,19,30H2,1-6H3,(H,31,34);1H/t22-,25+,26+,27+;/m1./s1. The van der Waals surface area contributed by atoms with Crippen molar-refractivity contribution in [3.63, 3.8) is 0 Å². The number of benzene rings is 1. The fourth-order valence-electron chi connectivity index (χ4n) is 4.19. The van der Waals surface area contributed by atoms with Crippen LogP contribution < -0.4 is 15.8 Å². The Morgan fingerprint density at radius 2 is 1.76 bits per heavy atom. The highest BCUT2D eigenvalue weighted by Gasteiger charge is 2.26. The molecule has 0 bridgehead atoms. The van der Waals surface area contributed by atoms with Gasteiger partial charge in [-0.2, -0.15) is 0 Å². The Kier molecular flexibility index (Phi) is 19.1. The maximum atomic E-state index is 12.4. The topological polar surface area (TPSA) is 120 Å². The Morgan fingerprint density at radius 3 is 2.39 bits per heavy atom. The highest BCUT2D eigenvalue weighted by atomic mass is 35.5. The second kappa shape index (κ2) is 20.1. The van der Waals surface area contributed by atoms with E-state index in [2.05, 4.69) is 37.4 Å². The predicted molar refractivity (Wildman–Crippen MR) is 154 cm³/mol. The molecule has 0 radical (unpaired) electrons. The number of hydrogen-bond acceptors (Lipinski definition) is 7. The minimum atomic E-state index is -0.760. The molecule has 4 N–H and O–H groups in total. The van der Waals surface area contributed by atoms with Crippen molar-refractivity contribution in [3.8, 4) is 5.75 Å². The van der Waals surface area contributed by atoms with Crippen molar-refractivity contribution in [2.24, 2.45) is 23.5 Å². The van der Waals surface area contributed by atoms with Gasteiger partial charge in [-0.15, -0.1) is 12.4 Å². The van der Waals surface area contributed by atoms with E-state index >= 15 is 0 Å². The number of halogens is 1. The third-order valence-electron chi connectivity index (χ3n) is 6.73. The number of ether oxygens (including phenoxy) is 3. The highest BCUT2D eigenvalue weighted by molar-refractivity contribution is 5.85. The van der Waals surface area contributed by atoms with Crippen molar-refractivity contribution in [2.75, 3.05) is 33.5 Å². The molecule has 0 aliphatic heterocycles. The molecule has 1 rings (SSSR count). The zero-order valence-corrected chi connectivity index (χ0v) is 25.0. The van der Waals surface area contributed by atoms with E-state index in [0.717, 1.165) is 30.6 Å². The van der Waals surface area contributed by atoms with Gasteiger partial charge in [0.05, 0.1) is 19.3 Å². The van der Waals surface area contributed by atoms with E-state index in [0.29, 0.717) is 51.5 Å². The number of carbonyl (C=O) groups excluding carboxylic acids is 2. The molecule has 1 aromatic carbocycles. The van der Waals surface area contributed by atoms with Crippen molar-refractivity contribution in [3.05, 3.63) is 29.3 Å².